The predicted octanol–water partition coefficient (Wildman–Crippen LogP) is 3.93. The lowest BCUT2D eigenvalue weighted by Gasteiger charge is -2.56. The van der Waals surface area contributed by atoms with Crippen LogP contribution in [0.1, 0.15) is 58.8 Å². The molecule has 0 aromatic heterocycles. The molecule has 3 heteroatoms. The SMILES string of the molecule is C[C@]12CC[C@H](O)CC1=CC[C@H]1[C@H]2CC[C@]2(C)C(=O)/C(=C/O)C[C@H]12. The molecule has 2 N–H and O–H groups in total. The first-order valence-corrected chi connectivity index (χ1v) is 9.16. The number of rotatable bonds is 0. The smallest absolute Gasteiger partial charge is 0.168 e. The lowest BCUT2D eigenvalue weighted by Crippen LogP contribution is -2.50. The summed E-state index contributed by atoms with van der Waals surface area (Å²) in [7, 11) is 0. The Bertz CT molecular complexity index is 604. The fraction of sp³-hybridized carbons (Fsp3) is 0.750. The van der Waals surface area contributed by atoms with E-state index in [4.69, 9.17) is 0 Å². The molecule has 0 radical (unpaired) electrons. The third kappa shape index (κ3) is 1.95. The maximum absolute atomic E-state index is 12.7. The van der Waals surface area contributed by atoms with E-state index in [9.17, 15) is 15.0 Å². The van der Waals surface area contributed by atoms with Crippen LogP contribution in [0.15, 0.2) is 23.5 Å². The maximum Gasteiger partial charge on any atom is 0.168 e. The fourth-order valence-corrected chi connectivity index (χ4v) is 6.43. The molecular weight excluding hydrogens is 288 g/mol. The van der Waals surface area contributed by atoms with Gasteiger partial charge in [-0.15, -0.1) is 0 Å². The standard InChI is InChI=1S/C20H28O3/c1-19-7-5-14(22)10-13(19)3-4-15-16(19)6-8-20(2)17(15)9-12(11-21)18(20)23/h3,11,14-17,21-22H,4-10H2,1-2H3/b12-11+/t14-,15-,16+,17+,19-,20-/m0/s1. The molecule has 0 aliphatic heterocycles. The van der Waals surface area contributed by atoms with Gasteiger partial charge in [-0.2, -0.15) is 0 Å². The number of hydrogen-bond donors (Lipinski definition) is 2. The van der Waals surface area contributed by atoms with E-state index in [1.807, 2.05) is 0 Å². The number of fused-ring (bicyclic) bond motifs is 5. The molecular formula is C20H28O3. The van der Waals surface area contributed by atoms with E-state index in [-0.39, 0.29) is 22.7 Å². The molecule has 0 aromatic rings. The summed E-state index contributed by atoms with van der Waals surface area (Å²) in [5, 5.41) is 19.5. The predicted molar refractivity (Wildman–Crippen MR) is 88.8 cm³/mol. The van der Waals surface area contributed by atoms with Crippen LogP contribution in [0.3, 0.4) is 0 Å². The molecule has 0 spiro atoms. The molecule has 0 bridgehead atoms. The van der Waals surface area contributed by atoms with Crippen molar-refractivity contribution in [3.05, 3.63) is 23.5 Å². The highest BCUT2D eigenvalue weighted by Gasteiger charge is 2.59. The van der Waals surface area contributed by atoms with E-state index in [1.165, 1.54) is 5.57 Å². The second kappa shape index (κ2) is 4.95. The van der Waals surface area contributed by atoms with Crippen LogP contribution in [-0.4, -0.2) is 22.1 Å². The lowest BCUT2D eigenvalue weighted by atomic mass is 9.48. The Kier molecular flexibility index (Phi) is 3.32. The van der Waals surface area contributed by atoms with Crippen LogP contribution < -0.4 is 0 Å². The van der Waals surface area contributed by atoms with Crippen molar-refractivity contribution in [2.45, 2.75) is 64.9 Å². The van der Waals surface area contributed by atoms with E-state index in [1.54, 1.807) is 0 Å². The topological polar surface area (TPSA) is 57.5 Å². The second-order valence-electron chi connectivity index (χ2n) is 8.80. The largest absolute Gasteiger partial charge is 0.515 e. The lowest BCUT2D eigenvalue weighted by molar-refractivity contribution is -0.130. The van der Waals surface area contributed by atoms with Crippen molar-refractivity contribution >= 4 is 5.78 Å². The Labute approximate surface area is 138 Å². The van der Waals surface area contributed by atoms with Crippen LogP contribution >= 0.6 is 0 Å². The molecule has 3 nitrogen and oxygen atoms in total. The number of carbonyl (C=O) groups excluding carboxylic acids is 1. The van der Waals surface area contributed by atoms with Gasteiger partial charge in [-0.1, -0.05) is 25.5 Å². The van der Waals surface area contributed by atoms with Gasteiger partial charge in [-0.05, 0) is 68.1 Å². The molecule has 0 saturated heterocycles. The van der Waals surface area contributed by atoms with E-state index < -0.39 is 0 Å². The molecule has 3 saturated carbocycles. The Morgan fingerprint density at radius 1 is 1.13 bits per heavy atom. The summed E-state index contributed by atoms with van der Waals surface area (Å²) in [6.45, 7) is 4.52. The van der Waals surface area contributed by atoms with Gasteiger partial charge in [-0.25, -0.2) is 0 Å². The van der Waals surface area contributed by atoms with Crippen LogP contribution in [0, 0.1) is 28.6 Å². The first kappa shape index (κ1) is 15.4. The summed E-state index contributed by atoms with van der Waals surface area (Å²) in [4.78, 5) is 12.7. The summed E-state index contributed by atoms with van der Waals surface area (Å²) in [5.41, 5.74) is 2.03. The van der Waals surface area contributed by atoms with E-state index >= 15 is 0 Å². The highest BCUT2D eigenvalue weighted by Crippen LogP contribution is 2.64. The minimum absolute atomic E-state index is 0.170. The molecule has 6 atom stereocenters. The van der Waals surface area contributed by atoms with E-state index in [0.29, 0.717) is 23.3 Å². The van der Waals surface area contributed by atoms with Gasteiger partial charge in [0.2, 0.25) is 0 Å². The quantitative estimate of drug-likeness (QED) is 0.404. The number of allylic oxidation sites excluding steroid dienone is 2. The molecule has 23 heavy (non-hydrogen) atoms. The zero-order valence-electron chi connectivity index (χ0n) is 14.2. The molecule has 4 rings (SSSR count). The van der Waals surface area contributed by atoms with Crippen LogP contribution in [0.4, 0.5) is 0 Å². The number of ketones is 1. The summed E-state index contributed by atoms with van der Waals surface area (Å²) in [6, 6.07) is 0. The number of aliphatic hydroxyl groups excluding tert-OH is 2. The summed E-state index contributed by atoms with van der Waals surface area (Å²) in [5.74, 6) is 1.72. The van der Waals surface area contributed by atoms with Gasteiger partial charge in [0.15, 0.2) is 5.78 Å². The monoisotopic (exact) mass is 316 g/mol. The first-order valence-electron chi connectivity index (χ1n) is 9.16. The second-order valence-corrected chi connectivity index (χ2v) is 8.80. The van der Waals surface area contributed by atoms with Gasteiger partial charge in [0.1, 0.15) is 0 Å². The molecule has 0 unspecified atom stereocenters. The van der Waals surface area contributed by atoms with Gasteiger partial charge in [0.25, 0.3) is 0 Å². The summed E-state index contributed by atoms with van der Waals surface area (Å²) >= 11 is 0. The minimum atomic E-state index is -0.272. The Morgan fingerprint density at radius 3 is 2.61 bits per heavy atom. The summed E-state index contributed by atoms with van der Waals surface area (Å²) < 4.78 is 0. The van der Waals surface area contributed by atoms with Crippen LogP contribution in [-0.2, 0) is 4.79 Å². The van der Waals surface area contributed by atoms with Crippen molar-refractivity contribution in [3.8, 4) is 0 Å². The normalized spacial score (nSPS) is 51.0. The van der Waals surface area contributed by atoms with Crippen molar-refractivity contribution in [3.63, 3.8) is 0 Å². The van der Waals surface area contributed by atoms with Crippen molar-refractivity contribution in [2.75, 3.05) is 0 Å². The minimum Gasteiger partial charge on any atom is -0.515 e. The molecule has 0 heterocycles. The fourth-order valence-electron chi connectivity index (χ4n) is 6.43. The van der Waals surface area contributed by atoms with Gasteiger partial charge in [0, 0.05) is 11.0 Å². The maximum atomic E-state index is 12.7. The Morgan fingerprint density at radius 2 is 1.87 bits per heavy atom. The van der Waals surface area contributed by atoms with Crippen LogP contribution in [0.25, 0.3) is 0 Å². The molecule has 4 aliphatic rings. The van der Waals surface area contributed by atoms with Crippen molar-refractivity contribution in [2.24, 2.45) is 28.6 Å². The van der Waals surface area contributed by atoms with Gasteiger partial charge in [0.05, 0.1) is 12.4 Å². The van der Waals surface area contributed by atoms with Gasteiger partial charge in [-0.3, -0.25) is 4.79 Å². The number of aliphatic hydroxyl groups is 2. The summed E-state index contributed by atoms with van der Waals surface area (Å²) in [6.07, 6.45) is 9.90. The Balaban J connectivity index is 1.71. The molecule has 0 aromatic carbocycles. The average Bonchev–Trinajstić information content (AvgIpc) is 2.79. The first-order chi connectivity index (χ1) is 10.9. The van der Waals surface area contributed by atoms with Crippen LogP contribution in [0.2, 0.25) is 0 Å². The molecule has 126 valence electrons. The molecule has 3 fully saturated rings. The number of carbonyl (C=O) groups is 1. The molecule has 4 aliphatic carbocycles. The highest BCUT2D eigenvalue weighted by molar-refractivity contribution is 6.02. The Hall–Kier alpha value is -1.09. The van der Waals surface area contributed by atoms with Crippen molar-refractivity contribution in [1.82, 2.24) is 0 Å². The van der Waals surface area contributed by atoms with Gasteiger partial charge >= 0.3 is 0 Å². The van der Waals surface area contributed by atoms with E-state index in [0.717, 1.165) is 51.2 Å². The van der Waals surface area contributed by atoms with Crippen molar-refractivity contribution < 1.29 is 15.0 Å². The van der Waals surface area contributed by atoms with Gasteiger partial charge < -0.3 is 10.2 Å². The number of hydrogen-bond acceptors (Lipinski definition) is 3. The third-order valence-corrected chi connectivity index (χ3v) is 7.87. The zero-order valence-corrected chi connectivity index (χ0v) is 14.2. The van der Waals surface area contributed by atoms with Crippen molar-refractivity contribution in [1.29, 1.82) is 0 Å². The zero-order chi connectivity index (χ0) is 16.4. The number of Topliss-reactive ketones (excluding diaryl/α,β-unsaturated/α-hetero) is 1. The third-order valence-electron chi connectivity index (χ3n) is 7.87. The highest BCUT2D eigenvalue weighted by atomic mass is 16.3. The molecule has 0 amide bonds. The average molecular weight is 316 g/mol. The van der Waals surface area contributed by atoms with Crippen LogP contribution in [0.5, 0.6) is 0 Å². The van der Waals surface area contributed by atoms with E-state index in [2.05, 4.69) is 19.9 Å².